The normalized spacial score (nSPS) is 17.7. The fourth-order valence-corrected chi connectivity index (χ4v) is 2.06. The van der Waals surface area contributed by atoms with E-state index in [1.807, 2.05) is 0 Å². The van der Waals surface area contributed by atoms with Gasteiger partial charge in [-0.15, -0.1) is 0 Å². The second kappa shape index (κ2) is 5.05. The lowest BCUT2D eigenvalue weighted by Gasteiger charge is -2.28. The van der Waals surface area contributed by atoms with Crippen LogP contribution in [-0.4, -0.2) is 23.2 Å². The van der Waals surface area contributed by atoms with E-state index in [0.717, 1.165) is 12.8 Å². The largest absolute Gasteiger partial charge is 0.394 e. The van der Waals surface area contributed by atoms with Gasteiger partial charge < -0.3 is 10.4 Å². The van der Waals surface area contributed by atoms with Crippen LogP contribution in [-0.2, 0) is 0 Å². The molecule has 2 rings (SSSR count). The van der Waals surface area contributed by atoms with Gasteiger partial charge in [0.1, 0.15) is 0 Å². The van der Waals surface area contributed by atoms with Gasteiger partial charge in [-0.2, -0.15) is 0 Å². The molecule has 0 aliphatic heterocycles. The number of hydrogen-bond acceptors (Lipinski definition) is 2. The SMILES string of the molecule is CC(CO)(NC(=O)c1cc(F)c(F)c(F)c1F)C1CC1. The summed E-state index contributed by atoms with van der Waals surface area (Å²) in [6.07, 6.45) is 1.57. The van der Waals surface area contributed by atoms with E-state index in [2.05, 4.69) is 5.32 Å². The molecule has 3 nitrogen and oxygen atoms in total. The lowest BCUT2D eigenvalue weighted by molar-refractivity contribution is 0.0818. The Morgan fingerprint density at radius 1 is 1.30 bits per heavy atom. The molecule has 110 valence electrons. The smallest absolute Gasteiger partial charge is 0.254 e. The van der Waals surface area contributed by atoms with Crippen LogP contribution in [0.15, 0.2) is 6.07 Å². The molecule has 0 heterocycles. The van der Waals surface area contributed by atoms with E-state index in [-0.39, 0.29) is 5.92 Å². The van der Waals surface area contributed by atoms with Crippen molar-refractivity contribution in [1.29, 1.82) is 0 Å². The summed E-state index contributed by atoms with van der Waals surface area (Å²) < 4.78 is 52.4. The van der Waals surface area contributed by atoms with Gasteiger partial charge in [-0.05, 0) is 31.7 Å². The summed E-state index contributed by atoms with van der Waals surface area (Å²) in [5.74, 6) is -8.47. The summed E-state index contributed by atoms with van der Waals surface area (Å²) in [6, 6.07) is 0.299. The number of benzene rings is 1. The molecule has 1 saturated carbocycles. The van der Waals surface area contributed by atoms with Gasteiger partial charge in [-0.3, -0.25) is 4.79 Å². The zero-order valence-electron chi connectivity index (χ0n) is 10.6. The maximum absolute atomic E-state index is 13.5. The molecule has 7 heteroatoms. The molecule has 2 N–H and O–H groups in total. The number of nitrogens with one attached hydrogen (secondary N) is 1. The van der Waals surface area contributed by atoms with Crippen molar-refractivity contribution in [2.75, 3.05) is 6.61 Å². The van der Waals surface area contributed by atoms with E-state index in [0.29, 0.717) is 6.07 Å². The number of rotatable bonds is 4. The van der Waals surface area contributed by atoms with E-state index in [9.17, 15) is 27.5 Å². The highest BCUT2D eigenvalue weighted by Gasteiger charge is 2.42. The van der Waals surface area contributed by atoms with Crippen molar-refractivity contribution in [3.8, 4) is 0 Å². The number of amides is 1. The fourth-order valence-electron chi connectivity index (χ4n) is 2.06. The van der Waals surface area contributed by atoms with Crippen LogP contribution in [0.3, 0.4) is 0 Å². The highest BCUT2D eigenvalue weighted by molar-refractivity contribution is 5.95. The second-order valence-corrected chi connectivity index (χ2v) is 5.15. The first-order valence-electron chi connectivity index (χ1n) is 6.06. The van der Waals surface area contributed by atoms with E-state index < -0.39 is 46.9 Å². The third kappa shape index (κ3) is 2.49. The van der Waals surface area contributed by atoms with Crippen molar-refractivity contribution in [3.63, 3.8) is 0 Å². The molecule has 0 radical (unpaired) electrons. The van der Waals surface area contributed by atoms with Crippen LogP contribution in [0.25, 0.3) is 0 Å². The van der Waals surface area contributed by atoms with Crippen LogP contribution >= 0.6 is 0 Å². The highest BCUT2D eigenvalue weighted by Crippen LogP contribution is 2.39. The summed E-state index contributed by atoms with van der Waals surface area (Å²) >= 11 is 0. The summed E-state index contributed by atoms with van der Waals surface area (Å²) in [5.41, 5.74) is -1.92. The average molecular weight is 291 g/mol. The van der Waals surface area contributed by atoms with Crippen LogP contribution in [0.2, 0.25) is 0 Å². The zero-order chi connectivity index (χ0) is 15.1. The zero-order valence-corrected chi connectivity index (χ0v) is 10.6. The average Bonchev–Trinajstić information content (AvgIpc) is 3.25. The molecule has 0 spiro atoms. The third-order valence-electron chi connectivity index (χ3n) is 3.55. The molecule has 0 aromatic heterocycles. The van der Waals surface area contributed by atoms with E-state index in [1.54, 1.807) is 6.92 Å². The molecule has 20 heavy (non-hydrogen) atoms. The summed E-state index contributed by atoms with van der Waals surface area (Å²) in [5, 5.41) is 11.6. The molecule has 1 aromatic rings. The Bertz CT molecular complexity index is 560. The van der Waals surface area contributed by atoms with E-state index >= 15 is 0 Å². The number of halogens is 4. The quantitative estimate of drug-likeness (QED) is 0.507. The number of aliphatic hydroxyl groups excluding tert-OH is 1. The van der Waals surface area contributed by atoms with Crippen molar-refractivity contribution in [3.05, 3.63) is 34.9 Å². The number of carbonyl (C=O) groups is 1. The minimum atomic E-state index is -2.03. The van der Waals surface area contributed by atoms with Crippen LogP contribution in [0.1, 0.15) is 30.1 Å². The number of aliphatic hydroxyl groups is 1. The van der Waals surface area contributed by atoms with Crippen molar-refractivity contribution in [2.45, 2.75) is 25.3 Å². The summed E-state index contributed by atoms with van der Waals surface area (Å²) in [4.78, 5) is 11.9. The Balaban J connectivity index is 2.30. The molecular formula is C13H13F4NO2. The maximum Gasteiger partial charge on any atom is 0.254 e. The Kier molecular flexibility index (Phi) is 3.73. The van der Waals surface area contributed by atoms with Crippen LogP contribution < -0.4 is 5.32 Å². The van der Waals surface area contributed by atoms with Crippen LogP contribution in [0, 0.1) is 29.2 Å². The fraction of sp³-hybridized carbons (Fsp3) is 0.462. The molecule has 1 aliphatic carbocycles. The van der Waals surface area contributed by atoms with Crippen molar-refractivity contribution in [2.24, 2.45) is 5.92 Å². The lowest BCUT2D eigenvalue weighted by Crippen LogP contribution is -2.51. The predicted octanol–water partition coefficient (Wildman–Crippen LogP) is 2.13. The molecule has 1 aliphatic rings. The topological polar surface area (TPSA) is 49.3 Å². The van der Waals surface area contributed by atoms with Gasteiger partial charge in [0.15, 0.2) is 23.3 Å². The predicted molar refractivity (Wildman–Crippen MR) is 62.0 cm³/mol. The molecule has 1 atom stereocenters. The molecule has 0 saturated heterocycles. The molecule has 1 amide bonds. The first-order chi connectivity index (χ1) is 9.30. The van der Waals surface area contributed by atoms with Crippen LogP contribution in [0.4, 0.5) is 17.6 Å². The Hall–Kier alpha value is -1.63. The number of hydrogen-bond donors (Lipinski definition) is 2. The first kappa shape index (κ1) is 14.8. The van der Waals surface area contributed by atoms with Gasteiger partial charge in [-0.25, -0.2) is 17.6 Å². The standard InChI is InChI=1S/C13H13F4NO2/c1-13(5-19,6-2-3-6)18-12(20)7-4-8(14)10(16)11(17)9(7)15/h4,6,19H,2-3,5H2,1H3,(H,18,20). The van der Waals surface area contributed by atoms with Crippen LogP contribution in [0.5, 0.6) is 0 Å². The maximum atomic E-state index is 13.5. The van der Waals surface area contributed by atoms with Gasteiger partial charge in [0.2, 0.25) is 0 Å². The Morgan fingerprint density at radius 2 is 1.90 bits per heavy atom. The highest BCUT2D eigenvalue weighted by atomic mass is 19.2. The second-order valence-electron chi connectivity index (χ2n) is 5.15. The number of carbonyl (C=O) groups excluding carboxylic acids is 1. The summed E-state index contributed by atoms with van der Waals surface area (Å²) in [6.45, 7) is 1.16. The summed E-state index contributed by atoms with van der Waals surface area (Å²) in [7, 11) is 0. The first-order valence-corrected chi connectivity index (χ1v) is 6.06. The van der Waals surface area contributed by atoms with Crippen molar-refractivity contribution in [1.82, 2.24) is 5.32 Å². The molecule has 1 aromatic carbocycles. The molecular weight excluding hydrogens is 278 g/mol. The lowest BCUT2D eigenvalue weighted by atomic mass is 9.96. The molecule has 0 bridgehead atoms. The minimum Gasteiger partial charge on any atom is -0.394 e. The monoisotopic (exact) mass is 291 g/mol. The molecule has 1 fully saturated rings. The molecule has 1 unspecified atom stereocenters. The third-order valence-corrected chi connectivity index (χ3v) is 3.55. The Labute approximate surface area is 112 Å². The van der Waals surface area contributed by atoms with Gasteiger partial charge >= 0.3 is 0 Å². The van der Waals surface area contributed by atoms with E-state index in [4.69, 9.17) is 0 Å². The van der Waals surface area contributed by atoms with Crippen molar-refractivity contribution >= 4 is 5.91 Å². The minimum absolute atomic E-state index is 0.0228. The van der Waals surface area contributed by atoms with Gasteiger partial charge in [0.25, 0.3) is 5.91 Å². The van der Waals surface area contributed by atoms with Gasteiger partial charge in [0.05, 0.1) is 17.7 Å². The Morgan fingerprint density at radius 3 is 2.40 bits per heavy atom. The van der Waals surface area contributed by atoms with Crippen molar-refractivity contribution < 1.29 is 27.5 Å². The van der Waals surface area contributed by atoms with Gasteiger partial charge in [0, 0.05) is 0 Å². The van der Waals surface area contributed by atoms with Gasteiger partial charge in [-0.1, -0.05) is 0 Å². The van der Waals surface area contributed by atoms with E-state index in [1.165, 1.54) is 0 Å².